The summed E-state index contributed by atoms with van der Waals surface area (Å²) in [5.74, 6) is 0.201. The summed E-state index contributed by atoms with van der Waals surface area (Å²) in [7, 11) is 2.08. The Morgan fingerprint density at radius 2 is 1.30 bits per heavy atom. The van der Waals surface area contributed by atoms with Gasteiger partial charge in [0.05, 0.1) is 0 Å². The smallest absolute Gasteiger partial charge is 0.323 e. The highest BCUT2D eigenvalue weighted by atomic mass is 16.2. The Morgan fingerprint density at radius 3 is 1.91 bits per heavy atom. The number of urea groups is 1. The molecule has 2 aliphatic rings. The number of hydrogen-bond acceptors (Lipinski definition) is 4. The molecule has 8 nitrogen and oxygen atoms in total. The Morgan fingerprint density at radius 1 is 0.727 bits per heavy atom. The Hall–Kier alpha value is -3.39. The summed E-state index contributed by atoms with van der Waals surface area (Å²) in [5, 5.41) is 5.53. The number of anilines is 2. The number of para-hydroxylation sites is 1. The van der Waals surface area contributed by atoms with E-state index in [0.29, 0.717) is 42.9 Å². The highest BCUT2D eigenvalue weighted by Gasteiger charge is 2.31. The Balaban J connectivity index is 1.25. The van der Waals surface area contributed by atoms with Crippen molar-refractivity contribution >= 4 is 29.2 Å². The zero-order valence-electron chi connectivity index (χ0n) is 19.0. The first-order chi connectivity index (χ1) is 16.0. The summed E-state index contributed by atoms with van der Waals surface area (Å²) in [6.07, 6.45) is 1.41. The molecule has 2 aromatic carbocycles. The molecule has 0 aromatic heterocycles. The molecule has 2 heterocycles. The fourth-order valence-electron chi connectivity index (χ4n) is 4.31. The second-order valence-electron chi connectivity index (χ2n) is 8.72. The van der Waals surface area contributed by atoms with Gasteiger partial charge in [-0.25, -0.2) is 4.79 Å². The van der Waals surface area contributed by atoms with Crippen molar-refractivity contribution in [3.63, 3.8) is 0 Å². The molecular weight excluding hydrogens is 418 g/mol. The third-order valence-electron chi connectivity index (χ3n) is 6.37. The van der Waals surface area contributed by atoms with Gasteiger partial charge in [-0.15, -0.1) is 0 Å². The number of nitrogens with one attached hydrogen (secondary N) is 2. The lowest BCUT2D eigenvalue weighted by atomic mass is 9.94. The average Bonchev–Trinajstić information content (AvgIpc) is 2.85. The van der Waals surface area contributed by atoms with Crippen LogP contribution in [0.1, 0.15) is 23.2 Å². The number of piperazine rings is 1. The summed E-state index contributed by atoms with van der Waals surface area (Å²) in [5.41, 5.74) is 1.89. The van der Waals surface area contributed by atoms with E-state index >= 15 is 0 Å². The van der Waals surface area contributed by atoms with Crippen LogP contribution >= 0.6 is 0 Å². The van der Waals surface area contributed by atoms with Crippen LogP contribution in [0.25, 0.3) is 0 Å². The van der Waals surface area contributed by atoms with Crippen LogP contribution in [0.15, 0.2) is 54.6 Å². The maximum atomic E-state index is 12.9. The van der Waals surface area contributed by atoms with Crippen LogP contribution in [0.3, 0.4) is 0 Å². The lowest BCUT2D eigenvalue weighted by Crippen LogP contribution is -2.51. The number of likely N-dealkylation sites (tertiary alicyclic amines) is 1. The molecule has 0 radical (unpaired) electrons. The van der Waals surface area contributed by atoms with Gasteiger partial charge in [0.15, 0.2) is 0 Å². The lowest BCUT2D eigenvalue weighted by molar-refractivity contribution is -0.138. The van der Waals surface area contributed by atoms with Crippen molar-refractivity contribution in [2.75, 3.05) is 56.9 Å². The number of likely N-dealkylation sites (N-methyl/N-ethyl adjacent to an activating group) is 1. The number of piperidine rings is 1. The molecule has 2 N–H and O–H groups in total. The number of carbonyl (C=O) groups excluding carboxylic acids is 3. The first-order valence-corrected chi connectivity index (χ1v) is 11.5. The standard InChI is InChI=1S/C25H31N5O3/c1-28-15-17-30(18-16-28)24(32)20-11-13-29(14-12-20)23(31)19-7-9-22(10-8-19)27-25(33)26-21-5-3-2-4-6-21/h2-10,20H,11-18H2,1H3,(H2,26,27,33). The highest BCUT2D eigenvalue weighted by molar-refractivity contribution is 6.00. The number of rotatable bonds is 4. The summed E-state index contributed by atoms with van der Waals surface area (Å²) in [6, 6.07) is 15.8. The molecule has 0 aliphatic carbocycles. The molecule has 174 valence electrons. The summed E-state index contributed by atoms with van der Waals surface area (Å²) < 4.78 is 0. The van der Waals surface area contributed by atoms with E-state index in [0.717, 1.165) is 26.2 Å². The normalized spacial score (nSPS) is 17.5. The number of benzene rings is 2. The van der Waals surface area contributed by atoms with Gasteiger partial charge in [-0.3, -0.25) is 9.59 Å². The zero-order chi connectivity index (χ0) is 23.2. The summed E-state index contributed by atoms with van der Waals surface area (Å²) in [6.45, 7) is 4.59. The van der Waals surface area contributed by atoms with Gasteiger partial charge < -0.3 is 25.3 Å². The van der Waals surface area contributed by atoms with Crippen LogP contribution in [0, 0.1) is 5.92 Å². The molecule has 2 aromatic rings. The number of hydrogen-bond donors (Lipinski definition) is 2. The van der Waals surface area contributed by atoms with Crippen molar-refractivity contribution in [1.82, 2.24) is 14.7 Å². The molecule has 0 atom stereocenters. The predicted octanol–water partition coefficient (Wildman–Crippen LogP) is 2.96. The van der Waals surface area contributed by atoms with E-state index < -0.39 is 0 Å². The zero-order valence-corrected chi connectivity index (χ0v) is 19.0. The van der Waals surface area contributed by atoms with E-state index in [-0.39, 0.29) is 23.8 Å². The molecule has 0 unspecified atom stereocenters. The number of amides is 4. The van der Waals surface area contributed by atoms with E-state index in [2.05, 4.69) is 22.6 Å². The second kappa shape index (κ2) is 10.5. The maximum absolute atomic E-state index is 12.9. The van der Waals surface area contributed by atoms with Gasteiger partial charge in [0, 0.05) is 62.1 Å². The van der Waals surface area contributed by atoms with E-state index in [4.69, 9.17) is 0 Å². The van der Waals surface area contributed by atoms with Crippen LogP contribution in [0.5, 0.6) is 0 Å². The minimum atomic E-state index is -0.340. The van der Waals surface area contributed by atoms with Crippen LogP contribution in [-0.2, 0) is 4.79 Å². The molecule has 4 rings (SSSR count). The highest BCUT2D eigenvalue weighted by Crippen LogP contribution is 2.22. The topological polar surface area (TPSA) is 85.0 Å². The van der Waals surface area contributed by atoms with E-state index in [1.54, 1.807) is 24.3 Å². The summed E-state index contributed by atoms with van der Waals surface area (Å²) >= 11 is 0. The fraction of sp³-hybridized carbons (Fsp3) is 0.400. The Bertz CT molecular complexity index is 963. The lowest BCUT2D eigenvalue weighted by Gasteiger charge is -2.37. The quantitative estimate of drug-likeness (QED) is 0.752. The molecule has 0 spiro atoms. The SMILES string of the molecule is CN1CCN(C(=O)C2CCN(C(=O)c3ccc(NC(=O)Nc4ccccc4)cc3)CC2)CC1. The van der Waals surface area contributed by atoms with Gasteiger partial charge in [-0.1, -0.05) is 18.2 Å². The van der Waals surface area contributed by atoms with Gasteiger partial charge in [0.1, 0.15) is 0 Å². The number of nitrogens with zero attached hydrogens (tertiary/aromatic N) is 3. The van der Waals surface area contributed by atoms with Crippen molar-refractivity contribution in [2.45, 2.75) is 12.8 Å². The largest absolute Gasteiger partial charge is 0.340 e. The fourth-order valence-corrected chi connectivity index (χ4v) is 4.31. The molecule has 2 fully saturated rings. The first kappa shape index (κ1) is 22.8. The van der Waals surface area contributed by atoms with Crippen LogP contribution in [0.4, 0.5) is 16.2 Å². The predicted molar refractivity (Wildman–Crippen MR) is 128 cm³/mol. The van der Waals surface area contributed by atoms with E-state index in [1.165, 1.54) is 0 Å². The summed E-state index contributed by atoms with van der Waals surface area (Å²) in [4.78, 5) is 43.9. The number of carbonyl (C=O) groups is 3. The molecule has 8 heteroatoms. The van der Waals surface area contributed by atoms with Gasteiger partial charge >= 0.3 is 6.03 Å². The minimum Gasteiger partial charge on any atom is -0.340 e. The van der Waals surface area contributed by atoms with Gasteiger partial charge in [0.25, 0.3) is 5.91 Å². The Kier molecular flexibility index (Phi) is 7.24. The third-order valence-corrected chi connectivity index (χ3v) is 6.37. The van der Waals surface area contributed by atoms with E-state index in [1.807, 2.05) is 40.1 Å². The molecule has 33 heavy (non-hydrogen) atoms. The van der Waals surface area contributed by atoms with Gasteiger partial charge in [0.2, 0.25) is 5.91 Å². The average molecular weight is 450 g/mol. The minimum absolute atomic E-state index is 0.00663. The van der Waals surface area contributed by atoms with Gasteiger partial charge in [-0.05, 0) is 56.3 Å². The van der Waals surface area contributed by atoms with Crippen LogP contribution in [0.2, 0.25) is 0 Å². The molecule has 0 bridgehead atoms. The second-order valence-corrected chi connectivity index (χ2v) is 8.72. The monoisotopic (exact) mass is 449 g/mol. The van der Waals surface area contributed by atoms with Crippen molar-refractivity contribution in [3.05, 3.63) is 60.2 Å². The maximum Gasteiger partial charge on any atom is 0.323 e. The van der Waals surface area contributed by atoms with Crippen molar-refractivity contribution in [2.24, 2.45) is 5.92 Å². The van der Waals surface area contributed by atoms with E-state index in [9.17, 15) is 14.4 Å². The van der Waals surface area contributed by atoms with Crippen LogP contribution < -0.4 is 10.6 Å². The molecule has 4 amide bonds. The third kappa shape index (κ3) is 5.90. The van der Waals surface area contributed by atoms with Crippen molar-refractivity contribution < 1.29 is 14.4 Å². The van der Waals surface area contributed by atoms with Crippen molar-refractivity contribution in [1.29, 1.82) is 0 Å². The Labute approximate surface area is 194 Å². The van der Waals surface area contributed by atoms with Crippen molar-refractivity contribution in [3.8, 4) is 0 Å². The van der Waals surface area contributed by atoms with Crippen LogP contribution in [-0.4, -0.2) is 78.9 Å². The molecular formula is C25H31N5O3. The molecule has 2 saturated heterocycles. The first-order valence-electron chi connectivity index (χ1n) is 11.5. The molecule has 0 saturated carbocycles. The van der Waals surface area contributed by atoms with Gasteiger partial charge in [-0.2, -0.15) is 0 Å². The molecule has 2 aliphatic heterocycles.